The lowest BCUT2D eigenvalue weighted by Gasteiger charge is -2.21. The molecule has 1 aliphatic heterocycles. The number of hydrogen-bond acceptors (Lipinski definition) is 9. The Hall–Kier alpha value is -5.24. The lowest BCUT2D eigenvalue weighted by molar-refractivity contribution is -0.138. The van der Waals surface area contributed by atoms with Crippen LogP contribution in [0.3, 0.4) is 0 Å². The number of imidazole rings is 1. The maximum absolute atomic E-state index is 13.1. The molecule has 222 valence electrons. The summed E-state index contributed by atoms with van der Waals surface area (Å²) in [5, 5.41) is 30.3. The van der Waals surface area contributed by atoms with E-state index in [0.717, 1.165) is 0 Å². The highest BCUT2D eigenvalue weighted by atomic mass is 35.5. The number of carbonyl (C=O) groups is 3. The molecule has 0 radical (unpaired) electrons. The molecule has 0 aliphatic carbocycles. The van der Waals surface area contributed by atoms with E-state index in [9.17, 15) is 19.5 Å². The molecule has 3 heterocycles. The van der Waals surface area contributed by atoms with Crippen molar-refractivity contribution in [3.05, 3.63) is 71.4 Å². The van der Waals surface area contributed by atoms with E-state index in [2.05, 4.69) is 46.2 Å². The third-order valence-electron chi connectivity index (χ3n) is 6.85. The van der Waals surface area contributed by atoms with E-state index in [1.807, 2.05) is 0 Å². The van der Waals surface area contributed by atoms with Gasteiger partial charge in [0.25, 0.3) is 0 Å². The first-order chi connectivity index (χ1) is 20.8. The van der Waals surface area contributed by atoms with Gasteiger partial charge in [0.2, 0.25) is 5.91 Å². The predicted molar refractivity (Wildman–Crippen MR) is 158 cm³/mol. The van der Waals surface area contributed by atoms with Crippen molar-refractivity contribution in [3.8, 4) is 16.9 Å². The fourth-order valence-electron chi connectivity index (χ4n) is 4.74. The summed E-state index contributed by atoms with van der Waals surface area (Å²) in [7, 11) is 1.25. The molecule has 43 heavy (non-hydrogen) atoms. The summed E-state index contributed by atoms with van der Waals surface area (Å²) >= 11 is 6.19. The van der Waals surface area contributed by atoms with Gasteiger partial charge in [-0.05, 0) is 65.7 Å². The molecular formula is C28H28ClN9O5. The zero-order chi connectivity index (χ0) is 30.3. The zero-order valence-corrected chi connectivity index (χ0v) is 23.7. The Morgan fingerprint density at radius 2 is 2.00 bits per heavy atom. The first kappa shape index (κ1) is 29.3. The summed E-state index contributed by atoms with van der Waals surface area (Å²) in [5.74, 6) is -0.815. The molecule has 0 unspecified atom stereocenters. The van der Waals surface area contributed by atoms with Crippen molar-refractivity contribution in [3.63, 3.8) is 0 Å². The van der Waals surface area contributed by atoms with Crippen LogP contribution in [0.1, 0.15) is 43.1 Å². The van der Waals surface area contributed by atoms with Crippen LogP contribution in [0.4, 0.5) is 16.2 Å². The summed E-state index contributed by atoms with van der Waals surface area (Å²) in [6, 6.07) is 8.85. The van der Waals surface area contributed by atoms with Crippen molar-refractivity contribution in [2.75, 3.05) is 17.7 Å². The van der Waals surface area contributed by atoms with Crippen LogP contribution in [0.25, 0.3) is 23.0 Å². The van der Waals surface area contributed by atoms with Gasteiger partial charge in [0.1, 0.15) is 18.2 Å². The molecule has 2 aromatic heterocycles. The highest BCUT2D eigenvalue weighted by Gasteiger charge is 2.23. The Bertz CT molecular complexity index is 1650. The number of H-pyrrole nitrogens is 1. The number of anilines is 2. The van der Waals surface area contributed by atoms with Gasteiger partial charge in [0, 0.05) is 33.6 Å². The van der Waals surface area contributed by atoms with Crippen molar-refractivity contribution in [1.82, 2.24) is 35.5 Å². The molecule has 14 nitrogen and oxygen atoms in total. The number of halogens is 1. The van der Waals surface area contributed by atoms with Crippen molar-refractivity contribution in [1.29, 1.82) is 0 Å². The van der Waals surface area contributed by atoms with Crippen LogP contribution in [-0.2, 0) is 14.3 Å². The molecule has 2 bridgehead atoms. The van der Waals surface area contributed by atoms with E-state index in [-0.39, 0.29) is 5.91 Å². The SMILES string of the molecule is COC(=O)Nc1ccc2c(c1)N[C@H](C(=O)O)CCCC[C@H](NC(=O)/C=C/c1cc(Cl)ccc1-n1cnnn1)c1ncc-2[nH]1. The number of aromatic nitrogens is 6. The molecule has 0 saturated carbocycles. The second-order valence-electron chi connectivity index (χ2n) is 9.73. The Balaban J connectivity index is 1.41. The van der Waals surface area contributed by atoms with Crippen LogP contribution in [0.15, 0.2) is 55.0 Å². The van der Waals surface area contributed by atoms with Crippen LogP contribution >= 0.6 is 11.6 Å². The largest absolute Gasteiger partial charge is 0.480 e. The second kappa shape index (κ2) is 13.2. The van der Waals surface area contributed by atoms with Gasteiger partial charge in [-0.15, -0.1) is 5.10 Å². The molecule has 15 heteroatoms. The number of ether oxygens (including phenoxy) is 1. The van der Waals surface area contributed by atoms with Crippen molar-refractivity contribution in [2.24, 2.45) is 0 Å². The predicted octanol–water partition coefficient (Wildman–Crippen LogP) is 4.19. The van der Waals surface area contributed by atoms with Gasteiger partial charge in [-0.1, -0.05) is 24.4 Å². The monoisotopic (exact) mass is 605 g/mol. The van der Waals surface area contributed by atoms with Gasteiger partial charge < -0.3 is 25.5 Å². The average molecular weight is 606 g/mol. The number of benzene rings is 2. The number of carboxylic acids is 1. The number of methoxy groups -OCH3 is 1. The van der Waals surface area contributed by atoms with Crippen molar-refractivity contribution < 1.29 is 24.2 Å². The van der Waals surface area contributed by atoms with Gasteiger partial charge in [-0.25, -0.2) is 14.6 Å². The normalized spacial score (nSPS) is 16.7. The number of nitrogens with zero attached hydrogens (tertiary/aromatic N) is 5. The number of hydrogen-bond donors (Lipinski definition) is 5. The molecule has 2 atom stereocenters. The molecule has 5 N–H and O–H groups in total. The van der Waals surface area contributed by atoms with Crippen LogP contribution in [0.2, 0.25) is 5.02 Å². The number of fused-ring (bicyclic) bond motifs is 4. The quantitative estimate of drug-likeness (QED) is 0.199. The van der Waals surface area contributed by atoms with E-state index >= 15 is 0 Å². The molecular weight excluding hydrogens is 578 g/mol. The molecule has 1 aliphatic rings. The summed E-state index contributed by atoms with van der Waals surface area (Å²) in [6.07, 6.45) is 7.52. The molecule has 2 amide bonds. The maximum atomic E-state index is 13.1. The third-order valence-corrected chi connectivity index (χ3v) is 7.08. The third kappa shape index (κ3) is 7.16. The molecule has 4 aromatic rings. The number of nitrogens with one attached hydrogen (secondary N) is 4. The number of aliphatic carboxylic acids is 1. The second-order valence-corrected chi connectivity index (χ2v) is 10.2. The summed E-state index contributed by atoms with van der Waals surface area (Å²) in [6.45, 7) is 0. The summed E-state index contributed by atoms with van der Waals surface area (Å²) in [4.78, 5) is 44.7. The van der Waals surface area contributed by atoms with E-state index in [1.54, 1.807) is 48.7 Å². The Morgan fingerprint density at radius 3 is 2.77 bits per heavy atom. The smallest absolute Gasteiger partial charge is 0.411 e. The average Bonchev–Trinajstić information content (AvgIpc) is 3.70. The van der Waals surface area contributed by atoms with Gasteiger partial charge in [0.05, 0.1) is 30.7 Å². The Kier molecular flexibility index (Phi) is 8.96. The molecule has 5 rings (SSSR count). The molecule has 0 spiro atoms. The van der Waals surface area contributed by atoms with Gasteiger partial charge in [-0.2, -0.15) is 4.68 Å². The number of rotatable bonds is 6. The van der Waals surface area contributed by atoms with Crippen molar-refractivity contribution >= 4 is 47.0 Å². The van der Waals surface area contributed by atoms with Crippen LogP contribution < -0.4 is 16.0 Å². The molecule has 2 aromatic carbocycles. The van der Waals surface area contributed by atoms with Gasteiger partial charge in [-0.3, -0.25) is 10.1 Å². The molecule has 0 fully saturated rings. The number of carboxylic acid groups (broad SMARTS) is 1. The van der Waals surface area contributed by atoms with Crippen LogP contribution in [-0.4, -0.2) is 66.4 Å². The highest BCUT2D eigenvalue weighted by Crippen LogP contribution is 2.33. The highest BCUT2D eigenvalue weighted by molar-refractivity contribution is 6.30. The van der Waals surface area contributed by atoms with E-state index in [1.165, 1.54) is 24.2 Å². The number of aromatic amines is 1. The topological polar surface area (TPSA) is 189 Å². The number of carbonyl (C=O) groups excluding carboxylic acids is 2. The van der Waals surface area contributed by atoms with Crippen LogP contribution in [0, 0.1) is 0 Å². The first-order valence-electron chi connectivity index (χ1n) is 13.4. The fourth-order valence-corrected chi connectivity index (χ4v) is 4.92. The fraction of sp³-hybridized carbons (Fsp3) is 0.250. The minimum atomic E-state index is -1.00. The lowest BCUT2D eigenvalue weighted by atomic mass is 10.0. The lowest BCUT2D eigenvalue weighted by Crippen LogP contribution is -2.30. The van der Waals surface area contributed by atoms with E-state index in [4.69, 9.17) is 11.6 Å². The summed E-state index contributed by atoms with van der Waals surface area (Å²) in [5.41, 5.74) is 3.44. The Labute approximate surface area is 250 Å². The van der Waals surface area contributed by atoms with Crippen molar-refractivity contribution in [2.45, 2.75) is 37.8 Å². The number of amides is 2. The standard InChI is InChI=1S/C28H28ClN9O5/c1-43-28(42)32-18-8-9-19-22(13-18)33-21(27(40)41)5-3-2-4-20(26-30-14-23(19)35-26)34-25(39)11-6-16-12-17(29)7-10-24(16)38-15-31-36-37-38/h6-15,20-21,33H,2-5H2,1H3,(H,30,35)(H,32,42)(H,34,39)(H,40,41)/b11-6+/t20-,21-/m0/s1. The van der Waals surface area contributed by atoms with E-state index < -0.39 is 24.1 Å². The van der Waals surface area contributed by atoms with Gasteiger partial charge >= 0.3 is 12.1 Å². The summed E-state index contributed by atoms with van der Waals surface area (Å²) < 4.78 is 6.14. The van der Waals surface area contributed by atoms with Gasteiger partial charge in [0.15, 0.2) is 0 Å². The first-order valence-corrected chi connectivity index (χ1v) is 13.7. The van der Waals surface area contributed by atoms with Crippen LogP contribution in [0.5, 0.6) is 0 Å². The Morgan fingerprint density at radius 1 is 1.16 bits per heavy atom. The maximum Gasteiger partial charge on any atom is 0.411 e. The minimum Gasteiger partial charge on any atom is -0.480 e. The zero-order valence-electron chi connectivity index (χ0n) is 23.0. The number of tetrazole rings is 1. The minimum absolute atomic E-state index is 0.345. The molecule has 0 saturated heterocycles. The van der Waals surface area contributed by atoms with E-state index in [0.29, 0.717) is 70.4 Å².